The van der Waals surface area contributed by atoms with Crippen LogP contribution < -0.4 is 0 Å². The minimum atomic E-state index is -0.483. The molecule has 0 unspecified atom stereocenters. The minimum absolute atomic E-state index is 0.0424. The van der Waals surface area contributed by atoms with E-state index in [9.17, 15) is 9.18 Å². The SMILES string of the molecule is O=C(/C=C/c1nc2ccccc2s1)OCc1cccc(F)c1. The van der Waals surface area contributed by atoms with Gasteiger partial charge in [-0.05, 0) is 35.9 Å². The average molecular weight is 313 g/mol. The molecule has 0 saturated carbocycles. The predicted molar refractivity (Wildman–Crippen MR) is 84.9 cm³/mol. The summed E-state index contributed by atoms with van der Waals surface area (Å²) in [5.74, 6) is -0.831. The van der Waals surface area contributed by atoms with Gasteiger partial charge in [-0.1, -0.05) is 24.3 Å². The molecule has 0 saturated heterocycles. The molecule has 1 heterocycles. The molecule has 2 aromatic carbocycles. The fourth-order valence-corrected chi connectivity index (χ4v) is 2.80. The van der Waals surface area contributed by atoms with Gasteiger partial charge in [0.15, 0.2) is 0 Å². The van der Waals surface area contributed by atoms with Crippen LogP contribution in [-0.2, 0) is 16.1 Å². The molecule has 0 N–H and O–H groups in total. The summed E-state index contributed by atoms with van der Waals surface area (Å²) in [6, 6.07) is 13.7. The van der Waals surface area contributed by atoms with Crippen LogP contribution in [-0.4, -0.2) is 11.0 Å². The van der Waals surface area contributed by atoms with E-state index < -0.39 is 5.97 Å². The third-order valence-corrected chi connectivity index (χ3v) is 3.94. The lowest BCUT2D eigenvalue weighted by Crippen LogP contribution is -2.00. The second-order valence-corrected chi connectivity index (χ2v) is 5.65. The first-order valence-electron chi connectivity index (χ1n) is 6.65. The molecule has 0 spiro atoms. The maximum Gasteiger partial charge on any atom is 0.331 e. The van der Waals surface area contributed by atoms with Crippen molar-refractivity contribution in [2.24, 2.45) is 0 Å². The Balaban J connectivity index is 1.61. The summed E-state index contributed by atoms with van der Waals surface area (Å²) in [4.78, 5) is 16.1. The first kappa shape index (κ1) is 14.4. The van der Waals surface area contributed by atoms with Gasteiger partial charge in [0.05, 0.1) is 10.2 Å². The van der Waals surface area contributed by atoms with Crippen molar-refractivity contribution >= 4 is 33.6 Å². The van der Waals surface area contributed by atoms with Crippen molar-refractivity contribution in [3.8, 4) is 0 Å². The van der Waals surface area contributed by atoms with Crippen LogP contribution in [0.3, 0.4) is 0 Å². The topological polar surface area (TPSA) is 39.2 Å². The summed E-state index contributed by atoms with van der Waals surface area (Å²) >= 11 is 1.50. The molecular weight excluding hydrogens is 301 g/mol. The molecule has 22 heavy (non-hydrogen) atoms. The van der Waals surface area contributed by atoms with Crippen molar-refractivity contribution in [1.82, 2.24) is 4.98 Å². The minimum Gasteiger partial charge on any atom is -0.458 e. The van der Waals surface area contributed by atoms with E-state index in [0.717, 1.165) is 15.2 Å². The Morgan fingerprint density at radius 1 is 1.23 bits per heavy atom. The lowest BCUT2D eigenvalue weighted by Gasteiger charge is -2.01. The number of hydrogen-bond acceptors (Lipinski definition) is 4. The van der Waals surface area contributed by atoms with Gasteiger partial charge >= 0.3 is 5.97 Å². The fraction of sp³-hybridized carbons (Fsp3) is 0.0588. The molecule has 3 rings (SSSR count). The number of ether oxygens (including phenoxy) is 1. The Bertz CT molecular complexity index is 808. The standard InChI is InChI=1S/C17H12FNO2S/c18-13-5-3-4-12(10-13)11-21-17(20)9-8-16-19-14-6-1-2-7-15(14)22-16/h1-10H,11H2/b9-8+. The molecule has 3 aromatic rings. The molecule has 0 radical (unpaired) electrons. The van der Waals surface area contributed by atoms with Gasteiger partial charge in [0.25, 0.3) is 0 Å². The maximum atomic E-state index is 13.0. The normalized spacial score (nSPS) is 11.1. The molecule has 3 nitrogen and oxygen atoms in total. The Morgan fingerprint density at radius 3 is 2.91 bits per heavy atom. The summed E-state index contributed by atoms with van der Waals surface area (Å²) in [7, 11) is 0. The van der Waals surface area contributed by atoms with E-state index in [-0.39, 0.29) is 12.4 Å². The molecule has 0 fully saturated rings. The maximum absolute atomic E-state index is 13.0. The van der Waals surface area contributed by atoms with Crippen molar-refractivity contribution < 1.29 is 13.9 Å². The number of carbonyl (C=O) groups is 1. The zero-order chi connectivity index (χ0) is 15.4. The van der Waals surface area contributed by atoms with Crippen LogP contribution >= 0.6 is 11.3 Å². The summed E-state index contributed by atoms with van der Waals surface area (Å²) in [5.41, 5.74) is 1.52. The van der Waals surface area contributed by atoms with Crippen LogP contribution in [0.5, 0.6) is 0 Å². The van der Waals surface area contributed by atoms with Crippen molar-refractivity contribution in [3.63, 3.8) is 0 Å². The van der Waals surface area contributed by atoms with Gasteiger partial charge in [0.2, 0.25) is 0 Å². The second-order valence-electron chi connectivity index (χ2n) is 4.59. The lowest BCUT2D eigenvalue weighted by molar-refractivity contribution is -0.138. The Hall–Kier alpha value is -2.53. The molecule has 0 bridgehead atoms. The fourth-order valence-electron chi connectivity index (χ4n) is 1.93. The van der Waals surface area contributed by atoms with E-state index in [1.54, 1.807) is 18.2 Å². The molecule has 0 amide bonds. The highest BCUT2D eigenvalue weighted by atomic mass is 32.1. The predicted octanol–water partition coefficient (Wildman–Crippen LogP) is 4.19. The van der Waals surface area contributed by atoms with Crippen LogP contribution in [0, 0.1) is 5.82 Å². The number of hydrogen-bond donors (Lipinski definition) is 0. The smallest absolute Gasteiger partial charge is 0.331 e. The van der Waals surface area contributed by atoms with Gasteiger partial charge in [-0.2, -0.15) is 0 Å². The second kappa shape index (κ2) is 6.49. The van der Waals surface area contributed by atoms with E-state index in [2.05, 4.69) is 4.98 Å². The van der Waals surface area contributed by atoms with Gasteiger partial charge in [0.1, 0.15) is 17.4 Å². The van der Waals surface area contributed by atoms with E-state index in [4.69, 9.17) is 4.74 Å². The van der Waals surface area contributed by atoms with Gasteiger partial charge in [-0.25, -0.2) is 14.2 Å². The summed E-state index contributed by atoms with van der Waals surface area (Å²) in [5, 5.41) is 0.740. The number of aromatic nitrogens is 1. The van der Waals surface area contributed by atoms with Gasteiger partial charge in [-0.3, -0.25) is 0 Å². The van der Waals surface area contributed by atoms with Crippen molar-refractivity contribution in [2.45, 2.75) is 6.61 Å². The van der Waals surface area contributed by atoms with Crippen LogP contribution in [0.2, 0.25) is 0 Å². The molecule has 5 heteroatoms. The van der Waals surface area contributed by atoms with Crippen LogP contribution in [0.25, 0.3) is 16.3 Å². The van der Waals surface area contributed by atoms with Gasteiger partial charge < -0.3 is 4.74 Å². The highest BCUT2D eigenvalue weighted by Gasteiger charge is 2.03. The molecule has 0 atom stereocenters. The lowest BCUT2D eigenvalue weighted by atomic mass is 10.2. The number of rotatable bonds is 4. The van der Waals surface area contributed by atoms with E-state index in [1.165, 1.54) is 29.5 Å². The van der Waals surface area contributed by atoms with E-state index >= 15 is 0 Å². The number of fused-ring (bicyclic) bond motifs is 1. The molecule has 110 valence electrons. The molecule has 0 aliphatic carbocycles. The van der Waals surface area contributed by atoms with Gasteiger partial charge in [-0.15, -0.1) is 11.3 Å². The van der Waals surface area contributed by atoms with Crippen LogP contribution in [0.4, 0.5) is 4.39 Å². The van der Waals surface area contributed by atoms with Crippen molar-refractivity contribution in [1.29, 1.82) is 0 Å². The van der Waals surface area contributed by atoms with Crippen LogP contribution in [0.15, 0.2) is 54.6 Å². The largest absolute Gasteiger partial charge is 0.458 e. The zero-order valence-electron chi connectivity index (χ0n) is 11.5. The quantitative estimate of drug-likeness (QED) is 0.535. The number of halogens is 1. The number of para-hydroxylation sites is 1. The Labute approximate surface area is 130 Å². The van der Waals surface area contributed by atoms with Crippen molar-refractivity contribution in [3.05, 3.63) is 71.0 Å². The number of thiazole rings is 1. The third kappa shape index (κ3) is 3.56. The number of esters is 1. The molecular formula is C17H12FNO2S. The Kier molecular flexibility index (Phi) is 4.25. The molecule has 1 aromatic heterocycles. The third-order valence-electron chi connectivity index (χ3n) is 2.94. The number of benzene rings is 2. The molecule has 0 aliphatic heterocycles. The highest BCUT2D eigenvalue weighted by molar-refractivity contribution is 7.19. The first-order chi connectivity index (χ1) is 10.7. The van der Waals surface area contributed by atoms with E-state index in [0.29, 0.717) is 5.56 Å². The van der Waals surface area contributed by atoms with E-state index in [1.807, 2.05) is 24.3 Å². The number of carbonyl (C=O) groups excluding carboxylic acids is 1. The van der Waals surface area contributed by atoms with Crippen molar-refractivity contribution in [2.75, 3.05) is 0 Å². The zero-order valence-corrected chi connectivity index (χ0v) is 12.3. The number of nitrogens with zero attached hydrogens (tertiary/aromatic N) is 1. The summed E-state index contributed by atoms with van der Waals surface area (Å²) < 4.78 is 19.1. The monoisotopic (exact) mass is 313 g/mol. The first-order valence-corrected chi connectivity index (χ1v) is 7.47. The summed E-state index contributed by atoms with van der Waals surface area (Å²) in [6.45, 7) is 0.0424. The Morgan fingerprint density at radius 2 is 2.09 bits per heavy atom. The highest BCUT2D eigenvalue weighted by Crippen LogP contribution is 2.22. The van der Waals surface area contributed by atoms with Crippen LogP contribution in [0.1, 0.15) is 10.6 Å². The summed E-state index contributed by atoms with van der Waals surface area (Å²) in [6.07, 6.45) is 2.95. The molecule has 0 aliphatic rings. The van der Waals surface area contributed by atoms with Gasteiger partial charge in [0, 0.05) is 6.08 Å². The average Bonchev–Trinajstić information content (AvgIpc) is 2.94.